The van der Waals surface area contributed by atoms with Crippen LogP contribution >= 0.6 is 0 Å². The molecule has 0 bridgehead atoms. The number of benzene rings is 2. The van der Waals surface area contributed by atoms with E-state index >= 15 is 0 Å². The molecule has 4 rings (SSSR count). The summed E-state index contributed by atoms with van der Waals surface area (Å²) < 4.78 is 0. The zero-order valence-electron chi connectivity index (χ0n) is 13.1. The van der Waals surface area contributed by atoms with Gasteiger partial charge in [-0.25, -0.2) is 4.98 Å². The van der Waals surface area contributed by atoms with Gasteiger partial charge in [0.15, 0.2) is 5.82 Å². The van der Waals surface area contributed by atoms with E-state index in [1.807, 2.05) is 6.07 Å². The zero-order chi connectivity index (χ0) is 15.3. The molecule has 0 amide bonds. The van der Waals surface area contributed by atoms with Crippen LogP contribution in [0.3, 0.4) is 0 Å². The van der Waals surface area contributed by atoms with Crippen LogP contribution in [0.15, 0.2) is 54.6 Å². The van der Waals surface area contributed by atoms with Crippen molar-refractivity contribution in [3.63, 3.8) is 0 Å². The van der Waals surface area contributed by atoms with Gasteiger partial charge in [-0.2, -0.15) is 0 Å². The smallest absolute Gasteiger partial charge is 0.159 e. The van der Waals surface area contributed by atoms with Crippen LogP contribution < -0.4 is 9.80 Å². The summed E-state index contributed by atoms with van der Waals surface area (Å²) in [4.78, 5) is 9.56. The average Bonchev–Trinajstić information content (AvgIpc) is 2.77. The molecule has 1 aromatic heterocycles. The van der Waals surface area contributed by atoms with E-state index in [1.165, 1.54) is 22.3 Å². The molecule has 0 fully saturated rings. The highest BCUT2D eigenvalue weighted by Gasteiger charge is 2.33. The van der Waals surface area contributed by atoms with Crippen molar-refractivity contribution in [3.05, 3.63) is 60.2 Å². The maximum Gasteiger partial charge on any atom is 0.159 e. The second kappa shape index (κ2) is 4.73. The molecule has 2 heterocycles. The van der Waals surface area contributed by atoms with E-state index in [1.54, 1.807) is 0 Å². The summed E-state index contributed by atoms with van der Waals surface area (Å²) in [5.41, 5.74) is 4.73. The van der Waals surface area contributed by atoms with Crippen LogP contribution in [-0.4, -0.2) is 18.2 Å². The molecule has 0 N–H and O–H groups in total. The fourth-order valence-electron chi connectivity index (χ4n) is 3.23. The quantitative estimate of drug-likeness (QED) is 0.658. The van der Waals surface area contributed by atoms with Gasteiger partial charge in [-0.15, -0.1) is 0 Å². The molecule has 1 atom stereocenters. The van der Waals surface area contributed by atoms with Gasteiger partial charge >= 0.3 is 0 Å². The molecule has 3 heteroatoms. The van der Waals surface area contributed by atoms with E-state index in [2.05, 4.69) is 79.2 Å². The molecule has 1 aliphatic heterocycles. The molecule has 0 spiro atoms. The Bertz CT molecular complexity index is 856. The Labute approximate surface area is 130 Å². The van der Waals surface area contributed by atoms with Crippen molar-refractivity contribution in [1.29, 1.82) is 0 Å². The average molecular weight is 289 g/mol. The lowest BCUT2D eigenvalue weighted by atomic mass is 10.1. The Hall–Kier alpha value is -2.55. The van der Waals surface area contributed by atoms with Gasteiger partial charge in [0.05, 0.1) is 11.2 Å². The van der Waals surface area contributed by atoms with Crippen LogP contribution in [0, 0.1) is 6.92 Å². The van der Waals surface area contributed by atoms with Gasteiger partial charge in [-0.1, -0.05) is 36.4 Å². The predicted octanol–water partition coefficient (Wildman–Crippen LogP) is 4.48. The number of hydrogen-bond donors (Lipinski definition) is 0. The first kappa shape index (κ1) is 13.1. The van der Waals surface area contributed by atoms with E-state index in [4.69, 9.17) is 4.98 Å². The number of anilines is 3. The largest absolute Gasteiger partial charge is 0.351 e. The summed E-state index contributed by atoms with van der Waals surface area (Å²) in [6, 6.07) is 19.0. The number of para-hydroxylation sites is 2. The SMILES string of the molecule is Cc1ccccc1N1c2nc3ccccc3cc2N(C)C1C. The van der Waals surface area contributed by atoms with E-state index in [0.29, 0.717) is 0 Å². The first-order valence-electron chi connectivity index (χ1n) is 7.64. The third-order valence-corrected chi connectivity index (χ3v) is 4.60. The lowest BCUT2D eigenvalue weighted by Gasteiger charge is -2.28. The molecule has 1 unspecified atom stereocenters. The third kappa shape index (κ3) is 1.78. The minimum Gasteiger partial charge on any atom is -0.351 e. The number of nitrogens with zero attached hydrogens (tertiary/aromatic N) is 3. The maximum atomic E-state index is 4.94. The molecule has 0 saturated heterocycles. The molecule has 0 radical (unpaired) electrons. The fourth-order valence-corrected chi connectivity index (χ4v) is 3.23. The molecule has 22 heavy (non-hydrogen) atoms. The van der Waals surface area contributed by atoms with Crippen molar-refractivity contribution in [1.82, 2.24) is 4.98 Å². The van der Waals surface area contributed by atoms with Crippen LogP contribution in [-0.2, 0) is 0 Å². The molecule has 3 aromatic rings. The summed E-state index contributed by atoms with van der Waals surface area (Å²) in [5.74, 6) is 1.04. The number of rotatable bonds is 1. The Morgan fingerprint density at radius 1 is 0.955 bits per heavy atom. The van der Waals surface area contributed by atoms with Crippen LogP contribution in [0.4, 0.5) is 17.2 Å². The van der Waals surface area contributed by atoms with Crippen LogP contribution in [0.5, 0.6) is 0 Å². The Morgan fingerprint density at radius 3 is 2.50 bits per heavy atom. The Kier molecular flexibility index (Phi) is 2.83. The molecular weight excluding hydrogens is 270 g/mol. The number of pyridine rings is 1. The molecule has 0 saturated carbocycles. The molecule has 3 nitrogen and oxygen atoms in total. The molecule has 1 aliphatic rings. The highest BCUT2D eigenvalue weighted by Crippen LogP contribution is 2.43. The predicted molar refractivity (Wildman–Crippen MR) is 92.9 cm³/mol. The highest BCUT2D eigenvalue weighted by molar-refractivity contribution is 5.91. The van der Waals surface area contributed by atoms with Crippen molar-refractivity contribution < 1.29 is 0 Å². The highest BCUT2D eigenvalue weighted by atomic mass is 15.4. The van der Waals surface area contributed by atoms with Gasteiger partial charge in [0.1, 0.15) is 6.17 Å². The molecule has 110 valence electrons. The maximum absolute atomic E-state index is 4.94. The number of aromatic nitrogens is 1. The Balaban J connectivity index is 1.97. The van der Waals surface area contributed by atoms with E-state index < -0.39 is 0 Å². The summed E-state index contributed by atoms with van der Waals surface area (Å²) >= 11 is 0. The zero-order valence-corrected chi connectivity index (χ0v) is 13.1. The van der Waals surface area contributed by atoms with Gasteiger partial charge in [0.2, 0.25) is 0 Å². The van der Waals surface area contributed by atoms with Crippen molar-refractivity contribution in [2.75, 3.05) is 16.8 Å². The summed E-state index contributed by atoms with van der Waals surface area (Å²) in [6.07, 6.45) is 0.250. The van der Waals surface area contributed by atoms with E-state index in [9.17, 15) is 0 Å². The van der Waals surface area contributed by atoms with Gasteiger partial charge in [-0.05, 0) is 37.6 Å². The fraction of sp³-hybridized carbons (Fsp3) is 0.211. The topological polar surface area (TPSA) is 19.4 Å². The van der Waals surface area contributed by atoms with Gasteiger partial charge < -0.3 is 9.80 Å². The van der Waals surface area contributed by atoms with E-state index in [0.717, 1.165) is 11.3 Å². The normalized spacial score (nSPS) is 17.1. The summed E-state index contributed by atoms with van der Waals surface area (Å²) in [7, 11) is 2.14. The first-order chi connectivity index (χ1) is 10.7. The van der Waals surface area contributed by atoms with Gasteiger partial charge in [-0.3, -0.25) is 0 Å². The minimum absolute atomic E-state index is 0.250. The van der Waals surface area contributed by atoms with Gasteiger partial charge in [0, 0.05) is 18.1 Å². The lowest BCUT2D eigenvalue weighted by Crippen LogP contribution is -2.36. The number of fused-ring (bicyclic) bond motifs is 2. The van der Waals surface area contributed by atoms with Gasteiger partial charge in [0.25, 0.3) is 0 Å². The van der Waals surface area contributed by atoms with Crippen molar-refractivity contribution in [3.8, 4) is 0 Å². The summed E-state index contributed by atoms with van der Waals surface area (Å²) in [5, 5.41) is 1.19. The molecular formula is C19H19N3. The third-order valence-electron chi connectivity index (χ3n) is 4.60. The van der Waals surface area contributed by atoms with Crippen molar-refractivity contribution in [2.24, 2.45) is 0 Å². The Morgan fingerprint density at radius 2 is 1.68 bits per heavy atom. The molecule has 0 aliphatic carbocycles. The van der Waals surface area contributed by atoms with Crippen molar-refractivity contribution >= 4 is 28.1 Å². The van der Waals surface area contributed by atoms with Crippen LogP contribution in [0.25, 0.3) is 10.9 Å². The second-order valence-corrected chi connectivity index (χ2v) is 5.92. The lowest BCUT2D eigenvalue weighted by molar-refractivity contribution is 0.730. The molecule has 2 aromatic carbocycles. The second-order valence-electron chi connectivity index (χ2n) is 5.92. The number of hydrogen-bond acceptors (Lipinski definition) is 3. The van der Waals surface area contributed by atoms with E-state index in [-0.39, 0.29) is 6.17 Å². The van der Waals surface area contributed by atoms with Crippen LogP contribution in [0.2, 0.25) is 0 Å². The van der Waals surface area contributed by atoms with Crippen molar-refractivity contribution in [2.45, 2.75) is 20.0 Å². The summed E-state index contributed by atoms with van der Waals surface area (Å²) in [6.45, 7) is 4.37. The standard InChI is InChI=1S/C19H19N3/c1-13-8-4-7-11-17(13)22-14(2)21(3)18-12-15-9-5-6-10-16(15)20-19(18)22/h4-12,14H,1-3H3. The first-order valence-corrected chi connectivity index (χ1v) is 7.64. The minimum atomic E-state index is 0.250. The number of aryl methyl sites for hydroxylation is 1. The van der Waals surface area contributed by atoms with Crippen LogP contribution in [0.1, 0.15) is 12.5 Å². The monoisotopic (exact) mass is 289 g/mol.